The van der Waals surface area contributed by atoms with Gasteiger partial charge in [0.15, 0.2) is 9.84 Å². The molecule has 2 fully saturated rings. The van der Waals surface area contributed by atoms with E-state index in [0.29, 0.717) is 0 Å². The maximum atomic E-state index is 11.9. The highest BCUT2D eigenvalue weighted by Gasteiger charge is 2.65. The lowest BCUT2D eigenvalue weighted by molar-refractivity contribution is -0.312. The van der Waals surface area contributed by atoms with Crippen molar-refractivity contribution < 1.29 is 23.1 Å². The highest BCUT2D eigenvalue weighted by molar-refractivity contribution is 7.93. The molecule has 6 nitrogen and oxygen atoms in total. The summed E-state index contributed by atoms with van der Waals surface area (Å²) in [7, 11) is -3.61. The molecule has 0 aromatic heterocycles. The molecule has 1 amide bonds. The van der Waals surface area contributed by atoms with Gasteiger partial charge in [0, 0.05) is 0 Å². The third-order valence-electron chi connectivity index (χ3n) is 3.20. The minimum absolute atomic E-state index is 0.116. The first-order valence-electron chi connectivity index (χ1n) is 4.46. The highest BCUT2D eigenvalue weighted by Crippen LogP contribution is 2.45. The summed E-state index contributed by atoms with van der Waals surface area (Å²) < 4.78 is 22.2. The quantitative estimate of drug-likeness (QED) is 0.481. The first kappa shape index (κ1) is 10.4. The molecule has 2 saturated heterocycles. The van der Waals surface area contributed by atoms with Gasteiger partial charge >= 0.3 is 0 Å². The van der Waals surface area contributed by atoms with Crippen molar-refractivity contribution in [3.63, 3.8) is 0 Å². The summed E-state index contributed by atoms with van der Waals surface area (Å²) >= 11 is 0. The van der Waals surface area contributed by atoms with Crippen LogP contribution in [0.3, 0.4) is 0 Å². The second-order valence-corrected chi connectivity index (χ2v) is 7.02. The van der Waals surface area contributed by atoms with Crippen molar-refractivity contribution in [2.75, 3.05) is 0 Å². The van der Waals surface area contributed by atoms with E-state index >= 15 is 0 Å². The SMILES string of the molecule is CC1(C)[C@H](C(=O)[O-])N2C(=O)C[C@@H]2S1(=O)=O. The number of carbonyl (C=O) groups is 2. The fourth-order valence-corrected chi connectivity index (χ4v) is 4.33. The van der Waals surface area contributed by atoms with Crippen LogP contribution in [0.4, 0.5) is 0 Å². The van der Waals surface area contributed by atoms with Crippen LogP contribution < -0.4 is 5.11 Å². The van der Waals surface area contributed by atoms with Crippen LogP contribution in [0.2, 0.25) is 0 Å². The van der Waals surface area contributed by atoms with E-state index < -0.39 is 37.9 Å². The van der Waals surface area contributed by atoms with Crippen molar-refractivity contribution in [3.8, 4) is 0 Å². The number of fused-ring (bicyclic) bond motifs is 1. The van der Waals surface area contributed by atoms with Gasteiger partial charge in [0.25, 0.3) is 0 Å². The first-order chi connectivity index (χ1) is 6.71. The van der Waals surface area contributed by atoms with E-state index in [0.717, 1.165) is 4.90 Å². The Bertz CT molecular complexity index is 452. The number of nitrogens with zero attached hydrogens (tertiary/aromatic N) is 1. The lowest BCUT2D eigenvalue weighted by Gasteiger charge is -2.37. The van der Waals surface area contributed by atoms with Crippen LogP contribution in [-0.4, -0.2) is 41.4 Å². The lowest BCUT2D eigenvalue weighted by Crippen LogP contribution is -2.60. The van der Waals surface area contributed by atoms with Crippen molar-refractivity contribution in [1.82, 2.24) is 4.90 Å². The summed E-state index contributed by atoms with van der Waals surface area (Å²) in [5, 5.41) is 9.90. The highest BCUT2D eigenvalue weighted by atomic mass is 32.2. The maximum absolute atomic E-state index is 11.9. The van der Waals surface area contributed by atoms with Gasteiger partial charge < -0.3 is 14.8 Å². The predicted molar refractivity (Wildman–Crippen MR) is 47.0 cm³/mol. The molecule has 0 aromatic carbocycles. The minimum atomic E-state index is -3.61. The Kier molecular flexibility index (Phi) is 1.75. The van der Waals surface area contributed by atoms with Crippen molar-refractivity contribution in [2.24, 2.45) is 0 Å². The molecule has 2 aliphatic rings. The number of carboxylic acids is 1. The van der Waals surface area contributed by atoms with E-state index in [1.54, 1.807) is 0 Å². The van der Waals surface area contributed by atoms with E-state index in [9.17, 15) is 23.1 Å². The monoisotopic (exact) mass is 232 g/mol. The number of sulfone groups is 1. The van der Waals surface area contributed by atoms with E-state index in [4.69, 9.17) is 0 Å². The standard InChI is InChI=1S/C8H11NO5S/c1-8(2)6(7(11)12)9-4(10)3-5(9)15(8,13)14/h5-6H,3H2,1-2H3,(H,11,12)/p-1/t5-,6-/m0/s1. The van der Waals surface area contributed by atoms with Gasteiger partial charge in [-0.1, -0.05) is 0 Å². The van der Waals surface area contributed by atoms with E-state index in [1.807, 2.05) is 0 Å². The maximum Gasteiger partial charge on any atom is 0.227 e. The number of carboxylic acid groups (broad SMARTS) is 1. The van der Waals surface area contributed by atoms with Crippen LogP contribution >= 0.6 is 0 Å². The van der Waals surface area contributed by atoms with Gasteiger partial charge in [-0.25, -0.2) is 8.42 Å². The van der Waals surface area contributed by atoms with Gasteiger partial charge in [-0.15, -0.1) is 0 Å². The van der Waals surface area contributed by atoms with Crippen molar-refractivity contribution in [3.05, 3.63) is 0 Å². The van der Waals surface area contributed by atoms with Gasteiger partial charge in [-0.3, -0.25) is 4.79 Å². The predicted octanol–water partition coefficient (Wildman–Crippen LogP) is -2.13. The molecule has 0 aliphatic carbocycles. The molecule has 0 spiro atoms. The summed E-state index contributed by atoms with van der Waals surface area (Å²) in [6, 6.07) is -1.37. The molecule has 0 unspecified atom stereocenters. The molecule has 0 aromatic rings. The fourth-order valence-electron chi connectivity index (χ4n) is 2.21. The second kappa shape index (κ2) is 2.52. The number of rotatable bonds is 1. The molecule has 7 heteroatoms. The Hall–Kier alpha value is -1.11. The summed E-state index contributed by atoms with van der Waals surface area (Å²) in [5.41, 5.74) is 0. The van der Waals surface area contributed by atoms with Gasteiger partial charge in [-0.2, -0.15) is 0 Å². The smallest absolute Gasteiger partial charge is 0.227 e. The van der Waals surface area contributed by atoms with Crippen LogP contribution in [0.15, 0.2) is 0 Å². The zero-order valence-corrected chi connectivity index (χ0v) is 9.08. The molecule has 0 saturated carbocycles. The molecule has 84 valence electrons. The zero-order chi connectivity index (χ0) is 11.6. The second-order valence-electron chi connectivity index (χ2n) is 4.33. The molecule has 2 heterocycles. The zero-order valence-electron chi connectivity index (χ0n) is 8.26. The third kappa shape index (κ3) is 0.961. The molecule has 15 heavy (non-hydrogen) atoms. The first-order valence-corrected chi connectivity index (χ1v) is 6.01. The molecule has 0 N–H and O–H groups in total. The van der Waals surface area contributed by atoms with Crippen LogP contribution in [0.5, 0.6) is 0 Å². The molecule has 0 radical (unpaired) electrons. The van der Waals surface area contributed by atoms with Crippen molar-refractivity contribution in [2.45, 2.75) is 36.4 Å². The van der Waals surface area contributed by atoms with Gasteiger partial charge in [-0.05, 0) is 13.8 Å². The number of aliphatic carboxylic acids is 1. The van der Waals surface area contributed by atoms with E-state index in [1.165, 1.54) is 13.8 Å². The fraction of sp³-hybridized carbons (Fsp3) is 0.750. The van der Waals surface area contributed by atoms with E-state index in [2.05, 4.69) is 0 Å². The molecule has 2 aliphatic heterocycles. The summed E-state index contributed by atoms with van der Waals surface area (Å²) in [6.45, 7) is 2.63. The van der Waals surface area contributed by atoms with Crippen LogP contribution in [0, 0.1) is 0 Å². The van der Waals surface area contributed by atoms with Crippen molar-refractivity contribution in [1.29, 1.82) is 0 Å². The Balaban J connectivity index is 2.57. The minimum Gasteiger partial charge on any atom is -0.548 e. The molecular weight excluding hydrogens is 222 g/mol. The Morgan fingerprint density at radius 3 is 2.40 bits per heavy atom. The number of carbonyl (C=O) groups excluding carboxylic acids is 2. The van der Waals surface area contributed by atoms with E-state index in [-0.39, 0.29) is 6.42 Å². The summed E-state index contributed by atoms with van der Waals surface area (Å²) in [4.78, 5) is 23.0. The third-order valence-corrected chi connectivity index (χ3v) is 6.00. The molecule has 2 rings (SSSR count). The number of hydrogen-bond acceptors (Lipinski definition) is 5. The van der Waals surface area contributed by atoms with Gasteiger partial charge in [0.2, 0.25) is 5.91 Å². The Morgan fingerprint density at radius 1 is 1.53 bits per heavy atom. The average molecular weight is 232 g/mol. The van der Waals surface area contributed by atoms with Crippen LogP contribution in [0.1, 0.15) is 20.3 Å². The van der Waals surface area contributed by atoms with Crippen LogP contribution in [-0.2, 0) is 19.4 Å². The number of amides is 1. The summed E-state index contributed by atoms with van der Waals surface area (Å²) in [6.07, 6.45) is -0.116. The topological polar surface area (TPSA) is 94.6 Å². The molecular formula is C8H10NO5S-. The molecule has 0 bridgehead atoms. The van der Waals surface area contributed by atoms with Crippen molar-refractivity contribution >= 4 is 21.7 Å². The molecule has 2 atom stereocenters. The summed E-state index contributed by atoms with van der Waals surface area (Å²) in [5.74, 6) is -1.96. The Morgan fingerprint density at radius 2 is 2.07 bits per heavy atom. The normalized spacial score (nSPS) is 35.9. The Labute approximate surface area is 86.8 Å². The number of β-lactam (4-membered cyclic amide) rings is 1. The lowest BCUT2D eigenvalue weighted by atomic mass is 9.98. The van der Waals surface area contributed by atoms with Gasteiger partial charge in [0.05, 0.1) is 23.2 Å². The van der Waals surface area contributed by atoms with Gasteiger partial charge in [0.1, 0.15) is 5.37 Å². The average Bonchev–Trinajstić information content (AvgIpc) is 2.19. The largest absolute Gasteiger partial charge is 0.548 e. The van der Waals surface area contributed by atoms with Crippen LogP contribution in [0.25, 0.3) is 0 Å². The number of hydrogen-bond donors (Lipinski definition) is 0.